The first-order valence-electron chi connectivity index (χ1n) is 5.45. The van der Waals surface area contributed by atoms with Crippen LogP contribution >= 0.6 is 0 Å². The molecule has 0 radical (unpaired) electrons. The Labute approximate surface area is 102 Å². The number of benzene rings is 1. The number of rotatable bonds is 1. The molecule has 0 aliphatic rings. The Morgan fingerprint density at radius 2 is 2.11 bits per heavy atom. The number of phenolic OH excluding ortho intramolecular Hbond substituents is 1. The Kier molecular flexibility index (Phi) is 2.00. The minimum absolute atomic E-state index is 0.210. The normalized spacial score (nSPS) is 11.2. The largest absolute Gasteiger partial charge is 0.507 e. The van der Waals surface area contributed by atoms with Crippen molar-refractivity contribution in [2.24, 2.45) is 0 Å². The summed E-state index contributed by atoms with van der Waals surface area (Å²) in [5.74, 6) is 5.67. The molecule has 0 aliphatic carbocycles. The smallest absolute Gasteiger partial charge is 0.344 e. The lowest BCUT2D eigenvalue weighted by molar-refractivity contribution is 0.481. The minimum atomic E-state index is -0.382. The van der Waals surface area contributed by atoms with Crippen LogP contribution in [0.1, 0.15) is 5.56 Å². The van der Waals surface area contributed by atoms with E-state index in [1.807, 2.05) is 13.0 Å². The molecule has 18 heavy (non-hydrogen) atoms. The van der Waals surface area contributed by atoms with Crippen LogP contribution in [0.3, 0.4) is 0 Å². The maximum absolute atomic E-state index is 11.3. The molecular weight excluding hydrogens is 232 g/mol. The van der Waals surface area contributed by atoms with Crippen LogP contribution in [0.25, 0.3) is 22.3 Å². The number of hydrogen-bond donors (Lipinski definition) is 4. The van der Waals surface area contributed by atoms with Crippen molar-refractivity contribution in [1.29, 1.82) is 0 Å². The molecule has 0 unspecified atom stereocenters. The summed E-state index contributed by atoms with van der Waals surface area (Å²) in [5, 5.41) is 10.6. The van der Waals surface area contributed by atoms with Gasteiger partial charge in [-0.15, -0.1) is 0 Å². The molecule has 0 aliphatic heterocycles. The van der Waals surface area contributed by atoms with E-state index in [0.717, 1.165) is 26.8 Å². The number of aromatic amines is 2. The van der Waals surface area contributed by atoms with Crippen LogP contribution in [0.15, 0.2) is 29.2 Å². The summed E-state index contributed by atoms with van der Waals surface area (Å²) in [4.78, 5) is 17.1. The summed E-state index contributed by atoms with van der Waals surface area (Å²) in [6.45, 7) is 1.88. The van der Waals surface area contributed by atoms with Crippen molar-refractivity contribution < 1.29 is 5.11 Å². The summed E-state index contributed by atoms with van der Waals surface area (Å²) in [5.41, 5.74) is 2.63. The van der Waals surface area contributed by atoms with Gasteiger partial charge in [0, 0.05) is 10.9 Å². The minimum Gasteiger partial charge on any atom is -0.507 e. The van der Waals surface area contributed by atoms with Crippen molar-refractivity contribution in [1.82, 2.24) is 14.6 Å². The van der Waals surface area contributed by atoms with Crippen LogP contribution < -0.4 is 11.5 Å². The van der Waals surface area contributed by atoms with E-state index in [9.17, 15) is 9.90 Å². The Bertz CT molecular complexity index is 794. The average Bonchev–Trinajstić information content (AvgIpc) is 2.82. The van der Waals surface area contributed by atoms with Gasteiger partial charge in [0.15, 0.2) is 0 Å². The van der Waals surface area contributed by atoms with Gasteiger partial charge in [0.1, 0.15) is 5.75 Å². The summed E-state index contributed by atoms with van der Waals surface area (Å²) in [7, 11) is 0. The summed E-state index contributed by atoms with van der Waals surface area (Å²) in [6.07, 6.45) is 1.51. The van der Waals surface area contributed by atoms with Gasteiger partial charge in [-0.3, -0.25) is 0 Å². The number of fused-ring (bicyclic) bond motifs is 1. The monoisotopic (exact) mass is 244 g/mol. The van der Waals surface area contributed by atoms with E-state index >= 15 is 0 Å². The highest BCUT2D eigenvalue weighted by atomic mass is 16.3. The van der Waals surface area contributed by atoms with Crippen molar-refractivity contribution in [3.8, 4) is 17.1 Å². The van der Waals surface area contributed by atoms with Crippen LogP contribution in [0.2, 0.25) is 0 Å². The van der Waals surface area contributed by atoms with E-state index in [0.29, 0.717) is 5.69 Å². The molecule has 0 spiro atoms. The van der Waals surface area contributed by atoms with Crippen LogP contribution in [-0.4, -0.2) is 19.8 Å². The van der Waals surface area contributed by atoms with Crippen molar-refractivity contribution >= 4 is 10.9 Å². The van der Waals surface area contributed by atoms with Gasteiger partial charge in [-0.05, 0) is 24.6 Å². The van der Waals surface area contributed by atoms with E-state index in [1.54, 1.807) is 12.1 Å². The summed E-state index contributed by atoms with van der Waals surface area (Å²) >= 11 is 0. The van der Waals surface area contributed by atoms with Crippen molar-refractivity contribution in [2.75, 3.05) is 5.84 Å². The van der Waals surface area contributed by atoms with Gasteiger partial charge in [-0.2, -0.15) is 0 Å². The lowest BCUT2D eigenvalue weighted by Gasteiger charge is -1.96. The molecule has 0 amide bonds. The lowest BCUT2D eigenvalue weighted by Crippen LogP contribution is -2.22. The molecule has 3 aromatic rings. The fourth-order valence-electron chi connectivity index (χ4n) is 2.20. The number of aromatic nitrogens is 3. The molecule has 0 atom stereocenters. The second-order valence-electron chi connectivity index (χ2n) is 4.20. The number of nitrogens with two attached hydrogens (primary N) is 1. The number of nitrogen functional groups attached to an aromatic ring is 1. The number of nitrogens with one attached hydrogen (secondary N) is 2. The number of imidazole rings is 1. The maximum atomic E-state index is 11.3. The highest BCUT2D eigenvalue weighted by Crippen LogP contribution is 2.33. The molecule has 92 valence electrons. The van der Waals surface area contributed by atoms with E-state index in [1.165, 1.54) is 6.20 Å². The third-order valence-electron chi connectivity index (χ3n) is 3.07. The Hall–Kier alpha value is -2.63. The molecule has 1 aromatic carbocycles. The van der Waals surface area contributed by atoms with E-state index in [-0.39, 0.29) is 11.4 Å². The molecule has 2 aromatic heterocycles. The fraction of sp³-hybridized carbons (Fsp3) is 0.0833. The van der Waals surface area contributed by atoms with E-state index < -0.39 is 0 Å². The van der Waals surface area contributed by atoms with E-state index in [4.69, 9.17) is 5.84 Å². The molecule has 6 nitrogen and oxygen atoms in total. The van der Waals surface area contributed by atoms with Crippen LogP contribution in [0.4, 0.5) is 0 Å². The van der Waals surface area contributed by atoms with Crippen LogP contribution in [-0.2, 0) is 0 Å². The molecule has 3 rings (SSSR count). The van der Waals surface area contributed by atoms with Crippen molar-refractivity contribution in [3.05, 3.63) is 40.4 Å². The standard InChI is InChI=1S/C12H12N4O2/c1-6-10-7(3-2-4-9(10)17)14-11(6)8-5-16(13)12(18)15-8/h2-5,14,17H,13H2,1H3,(H,15,18). The highest BCUT2D eigenvalue weighted by Gasteiger charge is 2.14. The van der Waals surface area contributed by atoms with Gasteiger partial charge in [-0.1, -0.05) is 6.07 Å². The van der Waals surface area contributed by atoms with Gasteiger partial charge in [-0.25, -0.2) is 9.47 Å². The molecule has 2 heterocycles. The first-order chi connectivity index (χ1) is 8.58. The van der Waals surface area contributed by atoms with Gasteiger partial charge in [0.2, 0.25) is 0 Å². The molecule has 0 bridgehead atoms. The third-order valence-corrected chi connectivity index (χ3v) is 3.07. The Morgan fingerprint density at radius 1 is 1.33 bits per heavy atom. The summed E-state index contributed by atoms with van der Waals surface area (Å²) in [6, 6.07) is 5.25. The molecule has 0 saturated carbocycles. The van der Waals surface area contributed by atoms with Gasteiger partial charge < -0.3 is 20.9 Å². The van der Waals surface area contributed by atoms with Gasteiger partial charge in [0.25, 0.3) is 0 Å². The second-order valence-corrected chi connectivity index (χ2v) is 4.20. The number of aromatic hydroxyl groups is 1. The molecule has 0 fully saturated rings. The van der Waals surface area contributed by atoms with Crippen LogP contribution in [0, 0.1) is 6.92 Å². The summed E-state index contributed by atoms with van der Waals surface area (Å²) < 4.78 is 0.986. The number of H-pyrrole nitrogens is 2. The third kappa shape index (κ3) is 1.32. The van der Waals surface area contributed by atoms with Gasteiger partial charge >= 0.3 is 5.69 Å². The molecule has 6 heteroatoms. The first kappa shape index (κ1) is 10.5. The van der Waals surface area contributed by atoms with Crippen LogP contribution in [0.5, 0.6) is 5.75 Å². The topological polar surface area (TPSA) is 99.8 Å². The first-order valence-corrected chi connectivity index (χ1v) is 5.45. The average molecular weight is 244 g/mol. The van der Waals surface area contributed by atoms with Crippen molar-refractivity contribution in [2.45, 2.75) is 6.92 Å². The lowest BCUT2D eigenvalue weighted by atomic mass is 10.1. The quantitative estimate of drug-likeness (QED) is 0.481. The van der Waals surface area contributed by atoms with Crippen molar-refractivity contribution in [3.63, 3.8) is 0 Å². The predicted molar refractivity (Wildman–Crippen MR) is 68.9 cm³/mol. The number of hydrogen-bond acceptors (Lipinski definition) is 3. The fourth-order valence-corrected chi connectivity index (χ4v) is 2.20. The van der Waals surface area contributed by atoms with Gasteiger partial charge in [0.05, 0.1) is 17.6 Å². The number of nitrogens with zero attached hydrogens (tertiary/aromatic N) is 1. The predicted octanol–water partition coefficient (Wildman–Crippen LogP) is 1.05. The number of aryl methyl sites for hydroxylation is 1. The number of phenols is 1. The second kappa shape index (κ2) is 3.43. The van der Waals surface area contributed by atoms with E-state index in [2.05, 4.69) is 9.97 Å². The molecule has 0 saturated heterocycles. The molecule has 5 N–H and O–H groups in total. The SMILES string of the molecule is Cc1c(-c2cn(N)c(=O)[nH]2)[nH]c2cccc(O)c12. The zero-order valence-corrected chi connectivity index (χ0v) is 9.69. The molecular formula is C12H12N4O2. The zero-order chi connectivity index (χ0) is 12.9. The Balaban J connectivity index is 2.33. The Morgan fingerprint density at radius 3 is 2.72 bits per heavy atom. The maximum Gasteiger partial charge on any atom is 0.344 e. The zero-order valence-electron chi connectivity index (χ0n) is 9.69. The highest BCUT2D eigenvalue weighted by molar-refractivity contribution is 5.94.